The number of anilines is 1. The lowest BCUT2D eigenvalue weighted by Crippen LogP contribution is -2.39. The van der Waals surface area contributed by atoms with E-state index < -0.39 is 29.8 Å². The number of thiazole rings is 1. The van der Waals surface area contributed by atoms with Gasteiger partial charge >= 0.3 is 6.18 Å². The Kier molecular flexibility index (Phi) is 8.46. The summed E-state index contributed by atoms with van der Waals surface area (Å²) in [6.45, 7) is 6.69. The number of rotatable bonds is 7. The molecule has 0 aliphatic carbocycles. The maximum absolute atomic E-state index is 12.9. The fraction of sp³-hybridized carbons (Fsp3) is 0.462. The molecular weight excluding hydrogens is 531 g/mol. The summed E-state index contributed by atoms with van der Waals surface area (Å²) >= 11 is 0.863. The number of fused-ring (bicyclic) bond motifs is 1. The second-order valence-corrected chi connectivity index (χ2v) is 10.6. The number of benzene rings is 1. The largest absolute Gasteiger partial charge is 0.405 e. The minimum absolute atomic E-state index is 0.00188. The summed E-state index contributed by atoms with van der Waals surface area (Å²) in [5.74, 6) is -1.19. The molecule has 2 N–H and O–H groups in total. The van der Waals surface area contributed by atoms with Crippen LogP contribution in [0.25, 0.3) is 22.7 Å². The van der Waals surface area contributed by atoms with Gasteiger partial charge in [-0.1, -0.05) is 0 Å². The Hall–Kier alpha value is -3.63. The third-order valence-corrected chi connectivity index (χ3v) is 7.90. The number of hydrogen-bond donors (Lipinski definition) is 2. The van der Waals surface area contributed by atoms with Crippen LogP contribution in [0, 0.1) is 11.3 Å². The number of nitrogens with one attached hydrogen (secondary N) is 2. The first-order chi connectivity index (χ1) is 18.5. The number of nitriles is 1. The first-order valence-electron chi connectivity index (χ1n) is 12.7. The van der Waals surface area contributed by atoms with Gasteiger partial charge in [0.25, 0.3) is 11.5 Å². The summed E-state index contributed by atoms with van der Waals surface area (Å²) in [5, 5.41) is 19.8. The highest BCUT2D eigenvalue weighted by atomic mass is 32.1. The molecule has 1 amide bonds. The SMILES string of the molecule is CCn1c(=O)/c(=C/Nc2ccc3c(cnn3C3CCN(C(C)C)CC3)c2)s/c1=C(\C#N)C(=O)NCC(F)(F)F. The Bertz CT molecular complexity index is 1570. The van der Waals surface area contributed by atoms with Gasteiger partial charge in [0.15, 0.2) is 5.57 Å². The van der Waals surface area contributed by atoms with Crippen molar-refractivity contribution in [2.24, 2.45) is 0 Å². The van der Waals surface area contributed by atoms with Crippen LogP contribution in [0.15, 0.2) is 29.2 Å². The summed E-state index contributed by atoms with van der Waals surface area (Å²) < 4.78 is 41.0. The van der Waals surface area contributed by atoms with Crippen LogP contribution in [0.1, 0.15) is 39.7 Å². The van der Waals surface area contributed by atoms with Gasteiger partial charge in [0.2, 0.25) is 0 Å². The standard InChI is InChI=1S/C26H30F3N7O2S/c1-4-35-24(38)22(39-25(35)20(12-30)23(37)32-15-26(27,28)29)14-31-18-5-6-21-17(11-18)13-33-36(21)19-7-9-34(10-8-19)16(2)3/h5-6,11,13-14,16,19,31H,4,7-10,15H2,1-3H3,(H,32,37)/b22-14-,25-20+. The molecule has 1 aromatic carbocycles. The first-order valence-corrected chi connectivity index (χ1v) is 13.5. The predicted octanol–water partition coefficient (Wildman–Crippen LogP) is 2.53. The third-order valence-electron chi connectivity index (χ3n) is 6.77. The molecule has 0 atom stereocenters. The predicted molar refractivity (Wildman–Crippen MR) is 144 cm³/mol. The van der Waals surface area contributed by atoms with Crippen molar-refractivity contribution in [3.05, 3.63) is 43.9 Å². The smallest absolute Gasteiger partial charge is 0.360 e. The number of alkyl halides is 3. The van der Waals surface area contributed by atoms with Crippen molar-refractivity contribution in [2.45, 2.75) is 58.4 Å². The molecule has 0 unspecified atom stereocenters. The zero-order valence-electron chi connectivity index (χ0n) is 21.9. The summed E-state index contributed by atoms with van der Waals surface area (Å²) in [4.78, 5) is 27.6. The molecule has 3 aromatic rings. The van der Waals surface area contributed by atoms with Gasteiger partial charge in [-0.2, -0.15) is 23.5 Å². The number of hydrogen-bond acceptors (Lipinski definition) is 7. The normalized spacial score (nSPS) is 16.5. The topological polar surface area (TPSA) is 108 Å². The molecule has 9 nitrogen and oxygen atoms in total. The maximum Gasteiger partial charge on any atom is 0.405 e. The second kappa shape index (κ2) is 11.6. The first kappa shape index (κ1) is 28.4. The van der Waals surface area contributed by atoms with Crippen LogP contribution in [-0.2, 0) is 11.3 Å². The molecule has 4 rings (SSSR count). The van der Waals surface area contributed by atoms with Crippen molar-refractivity contribution in [3.8, 4) is 6.07 Å². The van der Waals surface area contributed by atoms with E-state index in [4.69, 9.17) is 0 Å². The summed E-state index contributed by atoms with van der Waals surface area (Å²) in [6.07, 6.45) is 0.725. The number of piperidine rings is 1. The highest BCUT2D eigenvalue weighted by molar-refractivity contribution is 7.07. The molecule has 0 spiro atoms. The Morgan fingerprint density at radius 3 is 2.64 bits per heavy atom. The highest BCUT2D eigenvalue weighted by Gasteiger charge is 2.29. The van der Waals surface area contributed by atoms with E-state index in [2.05, 4.69) is 33.8 Å². The molecule has 1 saturated heterocycles. The van der Waals surface area contributed by atoms with Crippen molar-refractivity contribution in [2.75, 3.05) is 25.0 Å². The van der Waals surface area contributed by atoms with Crippen LogP contribution >= 0.6 is 11.3 Å². The molecule has 208 valence electrons. The van der Waals surface area contributed by atoms with Crippen LogP contribution in [0.4, 0.5) is 18.9 Å². The van der Waals surface area contributed by atoms with Crippen molar-refractivity contribution >= 4 is 45.6 Å². The lowest BCUT2D eigenvalue weighted by atomic mass is 10.0. The number of nitrogens with zero attached hydrogens (tertiary/aromatic N) is 5. The molecule has 13 heteroatoms. The quantitative estimate of drug-likeness (QED) is 0.459. The van der Waals surface area contributed by atoms with Crippen LogP contribution < -0.4 is 25.4 Å². The van der Waals surface area contributed by atoms with Crippen LogP contribution in [-0.4, -0.2) is 57.0 Å². The molecule has 1 aliphatic heterocycles. The Balaban J connectivity index is 1.58. The molecule has 1 aliphatic rings. The number of carbonyl (C=O) groups excluding carboxylic acids is 1. The highest BCUT2D eigenvalue weighted by Crippen LogP contribution is 2.28. The molecule has 39 heavy (non-hydrogen) atoms. The zero-order chi connectivity index (χ0) is 28.3. The van der Waals surface area contributed by atoms with Gasteiger partial charge < -0.3 is 15.5 Å². The molecule has 2 aromatic heterocycles. The van der Waals surface area contributed by atoms with Crippen molar-refractivity contribution in [1.82, 2.24) is 24.6 Å². The molecule has 0 radical (unpaired) electrons. The summed E-state index contributed by atoms with van der Waals surface area (Å²) in [6, 6.07) is 8.28. The van der Waals surface area contributed by atoms with E-state index in [1.54, 1.807) is 18.3 Å². The van der Waals surface area contributed by atoms with E-state index in [9.17, 15) is 28.0 Å². The Morgan fingerprint density at radius 2 is 2.03 bits per heavy atom. The van der Waals surface area contributed by atoms with E-state index in [1.165, 1.54) is 10.8 Å². The second-order valence-electron chi connectivity index (χ2n) is 9.62. The molecule has 0 saturated carbocycles. The van der Waals surface area contributed by atoms with Gasteiger partial charge in [-0.25, -0.2) is 0 Å². The number of halogens is 3. The monoisotopic (exact) mass is 561 g/mol. The van der Waals surface area contributed by atoms with Gasteiger partial charge in [-0.15, -0.1) is 11.3 Å². The Labute approximate surface area is 226 Å². The molecule has 1 fully saturated rings. The number of likely N-dealkylation sites (tertiary alicyclic amines) is 1. The number of carbonyl (C=O) groups is 1. The van der Waals surface area contributed by atoms with E-state index in [0.29, 0.717) is 17.8 Å². The maximum atomic E-state index is 12.9. The minimum Gasteiger partial charge on any atom is -0.360 e. The van der Waals surface area contributed by atoms with Gasteiger partial charge in [0, 0.05) is 42.9 Å². The Morgan fingerprint density at radius 1 is 1.31 bits per heavy atom. The summed E-state index contributed by atoms with van der Waals surface area (Å²) in [7, 11) is 0. The van der Waals surface area contributed by atoms with Crippen molar-refractivity contribution < 1.29 is 18.0 Å². The molecule has 0 bridgehead atoms. The summed E-state index contributed by atoms with van der Waals surface area (Å²) in [5.41, 5.74) is 0.730. The average molecular weight is 562 g/mol. The van der Waals surface area contributed by atoms with Gasteiger partial charge in [-0.3, -0.25) is 18.8 Å². The van der Waals surface area contributed by atoms with Gasteiger partial charge in [0.1, 0.15) is 21.8 Å². The fourth-order valence-electron chi connectivity index (χ4n) is 4.69. The zero-order valence-corrected chi connectivity index (χ0v) is 22.7. The van der Waals surface area contributed by atoms with E-state index in [0.717, 1.165) is 48.2 Å². The minimum atomic E-state index is -4.62. The molecular formula is C26H30F3N7O2S. The van der Waals surface area contributed by atoms with E-state index >= 15 is 0 Å². The van der Waals surface area contributed by atoms with Crippen molar-refractivity contribution in [1.29, 1.82) is 5.26 Å². The van der Waals surface area contributed by atoms with Gasteiger partial charge in [-0.05, 0) is 51.8 Å². The van der Waals surface area contributed by atoms with Crippen molar-refractivity contribution in [3.63, 3.8) is 0 Å². The lowest BCUT2D eigenvalue weighted by Gasteiger charge is -2.34. The number of amides is 1. The van der Waals surface area contributed by atoms with Crippen LogP contribution in [0.3, 0.4) is 0 Å². The number of aromatic nitrogens is 3. The lowest BCUT2D eigenvalue weighted by molar-refractivity contribution is -0.135. The van der Waals surface area contributed by atoms with E-state index in [-0.39, 0.29) is 15.7 Å². The average Bonchev–Trinajstić information content (AvgIpc) is 3.46. The fourth-order valence-corrected chi connectivity index (χ4v) is 5.77. The third kappa shape index (κ3) is 6.34. The van der Waals surface area contributed by atoms with E-state index in [1.807, 2.05) is 24.4 Å². The van der Waals surface area contributed by atoms with Crippen LogP contribution in [0.5, 0.6) is 0 Å². The van der Waals surface area contributed by atoms with Gasteiger partial charge in [0.05, 0.1) is 17.8 Å². The molecule has 3 heterocycles. The van der Waals surface area contributed by atoms with Crippen LogP contribution in [0.2, 0.25) is 0 Å².